The molecule has 15 nitrogen and oxygen atoms in total. The van der Waals surface area contributed by atoms with Crippen LogP contribution in [0, 0.1) is 0 Å². The molecule has 308 valence electrons. The van der Waals surface area contributed by atoms with Gasteiger partial charge in [-0.3, -0.25) is 19.6 Å². The van der Waals surface area contributed by atoms with Crippen molar-refractivity contribution in [2.75, 3.05) is 34.4 Å². The first kappa shape index (κ1) is 40.8. The highest BCUT2D eigenvalue weighted by molar-refractivity contribution is 6.04. The topological polar surface area (TPSA) is 180 Å². The van der Waals surface area contributed by atoms with Crippen molar-refractivity contribution in [1.82, 2.24) is 35.4 Å². The lowest BCUT2D eigenvalue weighted by molar-refractivity contribution is -0.136. The molecule has 5 heterocycles. The van der Waals surface area contributed by atoms with E-state index in [0.29, 0.717) is 25.3 Å². The van der Waals surface area contributed by atoms with Crippen LogP contribution in [0.15, 0.2) is 90.4 Å². The van der Waals surface area contributed by atoms with E-state index in [9.17, 15) is 19.2 Å². The number of aromatic amines is 1. The number of pyridine rings is 1. The minimum absolute atomic E-state index is 0.156. The molecule has 0 saturated carbocycles. The molecule has 2 aromatic carbocycles. The number of nitrogens with one attached hydrogen (secondary N) is 3. The summed E-state index contributed by atoms with van der Waals surface area (Å²) in [6, 6.07) is 18.2. The predicted octanol–water partition coefficient (Wildman–Crippen LogP) is 5.71. The van der Waals surface area contributed by atoms with Gasteiger partial charge in [-0.2, -0.15) is 0 Å². The normalized spacial score (nSPS) is 19.1. The van der Waals surface area contributed by atoms with Crippen molar-refractivity contribution < 1.29 is 33.4 Å². The molecule has 3 N–H and O–H groups in total. The molecule has 4 amide bonds. The van der Waals surface area contributed by atoms with Gasteiger partial charge in [0.25, 0.3) is 0 Å². The van der Waals surface area contributed by atoms with Crippen molar-refractivity contribution >= 4 is 35.3 Å². The monoisotopic (exact) mass is 802 g/mol. The van der Waals surface area contributed by atoms with Gasteiger partial charge in [0, 0.05) is 57.3 Å². The Morgan fingerprint density at radius 3 is 2.07 bits per heavy atom. The molecule has 0 unspecified atom stereocenters. The summed E-state index contributed by atoms with van der Waals surface area (Å²) in [6.07, 6.45) is 9.28. The molecular formula is C44H50N8O7. The maximum Gasteiger partial charge on any atom is 0.407 e. The van der Waals surface area contributed by atoms with Crippen molar-refractivity contribution in [1.29, 1.82) is 0 Å². The van der Waals surface area contributed by atoms with Crippen molar-refractivity contribution in [3.05, 3.63) is 102 Å². The Morgan fingerprint density at radius 2 is 1.42 bits per heavy atom. The van der Waals surface area contributed by atoms with Gasteiger partial charge in [-0.25, -0.2) is 14.6 Å². The van der Waals surface area contributed by atoms with Crippen LogP contribution in [0.4, 0.5) is 9.59 Å². The zero-order valence-electron chi connectivity index (χ0n) is 33.7. The maximum absolute atomic E-state index is 13.9. The number of hydrogen-bond donors (Lipinski definition) is 3. The molecule has 15 heteroatoms. The van der Waals surface area contributed by atoms with Crippen LogP contribution in [-0.4, -0.2) is 113 Å². The third-order valence-corrected chi connectivity index (χ3v) is 11.4. The summed E-state index contributed by atoms with van der Waals surface area (Å²) in [7, 11) is 4.05. The number of nitrogens with zero attached hydrogens (tertiary/aromatic N) is 5. The largest absolute Gasteiger partial charge is 0.453 e. The van der Waals surface area contributed by atoms with Crippen LogP contribution in [0.25, 0.3) is 28.0 Å². The average Bonchev–Trinajstić information content (AvgIpc) is 4.12. The van der Waals surface area contributed by atoms with Gasteiger partial charge in [0.1, 0.15) is 17.9 Å². The summed E-state index contributed by atoms with van der Waals surface area (Å²) in [4.78, 5) is 72.4. The van der Waals surface area contributed by atoms with Crippen LogP contribution in [0.1, 0.15) is 62.0 Å². The van der Waals surface area contributed by atoms with Crippen LogP contribution in [-0.2, 0) is 30.2 Å². The second kappa shape index (κ2) is 18.5. The van der Waals surface area contributed by atoms with Crippen molar-refractivity contribution in [3.63, 3.8) is 0 Å². The molecule has 3 aliphatic rings. The number of imidazole rings is 1. The number of benzene rings is 2. The van der Waals surface area contributed by atoms with Crippen LogP contribution in [0.5, 0.6) is 0 Å². The predicted molar refractivity (Wildman–Crippen MR) is 221 cm³/mol. The van der Waals surface area contributed by atoms with Gasteiger partial charge in [0.2, 0.25) is 11.8 Å². The minimum Gasteiger partial charge on any atom is -0.453 e. The SMILES string of the molecule is COC(=O)N[C@@H](Cc1cccnc1)C(=O)N1CCC[C@H]1c1ncc(-c2ccc(-c3ccc(C4=CN=C([C@@H]5CCCN5C(=O)[C@@H](NC(=O)OC)[C@@H](C)OC)C4)cc3)cc2)[nH]1. The number of hydrogen-bond acceptors (Lipinski definition) is 10. The molecule has 7 rings (SSSR count). The second-order valence-electron chi connectivity index (χ2n) is 15.0. The van der Waals surface area contributed by atoms with Gasteiger partial charge in [0.15, 0.2) is 0 Å². The molecule has 5 atom stereocenters. The number of amides is 4. The first-order valence-electron chi connectivity index (χ1n) is 19.9. The fourth-order valence-electron chi connectivity index (χ4n) is 8.13. The number of aliphatic imine (C=N–C) groups is 1. The smallest absolute Gasteiger partial charge is 0.407 e. The van der Waals surface area contributed by atoms with Crippen molar-refractivity contribution in [2.45, 2.75) is 75.7 Å². The summed E-state index contributed by atoms with van der Waals surface area (Å²) in [5, 5.41) is 5.35. The van der Waals surface area contributed by atoms with E-state index in [4.69, 9.17) is 24.2 Å². The number of allylic oxidation sites excluding steroid dienone is 1. The van der Waals surface area contributed by atoms with E-state index >= 15 is 0 Å². The Kier molecular flexibility index (Phi) is 12.8. The van der Waals surface area contributed by atoms with E-state index < -0.39 is 30.4 Å². The third kappa shape index (κ3) is 9.20. The van der Waals surface area contributed by atoms with E-state index in [2.05, 4.69) is 69.1 Å². The number of methoxy groups -OCH3 is 3. The summed E-state index contributed by atoms with van der Waals surface area (Å²) in [5.41, 5.74) is 7.84. The second-order valence-corrected chi connectivity index (χ2v) is 15.0. The fraction of sp³-hybridized carbons (Fsp3) is 0.386. The summed E-state index contributed by atoms with van der Waals surface area (Å²) in [5.74, 6) is 0.290. The third-order valence-electron chi connectivity index (χ3n) is 11.4. The lowest BCUT2D eigenvalue weighted by Crippen LogP contribution is -2.56. The van der Waals surface area contributed by atoms with Crippen molar-refractivity contribution in [3.8, 4) is 22.4 Å². The van der Waals surface area contributed by atoms with E-state index in [1.54, 1.807) is 41.4 Å². The van der Waals surface area contributed by atoms with Crippen LogP contribution in [0.3, 0.4) is 0 Å². The molecule has 4 aromatic rings. The van der Waals surface area contributed by atoms with E-state index in [-0.39, 0.29) is 30.3 Å². The van der Waals surface area contributed by atoms with E-state index in [1.165, 1.54) is 21.3 Å². The number of aromatic nitrogens is 3. The fourth-order valence-corrected chi connectivity index (χ4v) is 8.13. The van der Waals surface area contributed by atoms with Gasteiger partial charge >= 0.3 is 12.2 Å². The van der Waals surface area contributed by atoms with E-state index in [1.807, 2.05) is 12.3 Å². The van der Waals surface area contributed by atoms with Crippen LogP contribution < -0.4 is 10.6 Å². The van der Waals surface area contributed by atoms with Crippen LogP contribution >= 0.6 is 0 Å². The summed E-state index contributed by atoms with van der Waals surface area (Å²) < 4.78 is 15.0. The number of likely N-dealkylation sites (tertiary alicyclic amines) is 2. The Morgan fingerprint density at radius 1 is 0.797 bits per heavy atom. The standard InChI is InChI=1S/C44H50N8O7/c1-27(57-2)39(50-44(56)59-4)42(54)51-20-6-9-37(51)34-23-33(25-46-34)31-13-11-29(12-14-31)30-15-17-32(18-16-30)36-26-47-40(48-36)38-10-7-21-52(38)41(53)35(49-43(55)58-3)22-28-8-5-19-45-24-28/h5,8,11-19,24-27,35,37-39H,6-7,9-10,20-23H2,1-4H3,(H,47,48)(H,49,55)(H,50,56)/t27-,35+,37+,38+,39+/m1/s1. The lowest BCUT2D eigenvalue weighted by atomic mass is 9.96. The first-order valence-corrected chi connectivity index (χ1v) is 19.9. The lowest BCUT2D eigenvalue weighted by Gasteiger charge is -2.31. The van der Waals surface area contributed by atoms with E-state index in [0.717, 1.165) is 70.5 Å². The number of carbonyl (C=O) groups excluding carboxylic acids is 4. The average molecular weight is 803 g/mol. The highest BCUT2D eigenvalue weighted by Crippen LogP contribution is 2.34. The maximum atomic E-state index is 13.9. The molecule has 2 aromatic heterocycles. The molecular weight excluding hydrogens is 753 g/mol. The zero-order valence-corrected chi connectivity index (χ0v) is 33.7. The van der Waals surface area contributed by atoms with Gasteiger partial charge in [0.05, 0.1) is 44.3 Å². The number of rotatable bonds is 13. The Labute approximate surface area is 343 Å². The summed E-state index contributed by atoms with van der Waals surface area (Å²) >= 11 is 0. The molecule has 0 radical (unpaired) electrons. The molecule has 0 bridgehead atoms. The molecule has 2 saturated heterocycles. The van der Waals surface area contributed by atoms with Crippen LogP contribution in [0.2, 0.25) is 0 Å². The highest BCUT2D eigenvalue weighted by Gasteiger charge is 2.40. The van der Waals surface area contributed by atoms with Gasteiger partial charge in [-0.05, 0) is 72.1 Å². The number of carbonyl (C=O) groups is 4. The molecule has 0 spiro atoms. The number of alkyl carbamates (subject to hydrolysis) is 2. The van der Waals surface area contributed by atoms with Gasteiger partial charge < -0.3 is 39.6 Å². The molecule has 2 fully saturated rings. The van der Waals surface area contributed by atoms with Gasteiger partial charge in [-0.15, -0.1) is 0 Å². The molecule has 3 aliphatic heterocycles. The van der Waals surface area contributed by atoms with Gasteiger partial charge in [-0.1, -0.05) is 54.6 Å². The first-order chi connectivity index (χ1) is 28.7. The number of H-pyrrole nitrogens is 1. The van der Waals surface area contributed by atoms with Crippen molar-refractivity contribution in [2.24, 2.45) is 4.99 Å². The zero-order chi connectivity index (χ0) is 41.5. The Hall–Kier alpha value is -6.35. The quantitative estimate of drug-likeness (QED) is 0.153. The minimum atomic E-state index is -0.873. The Bertz CT molecular complexity index is 2190. The molecule has 0 aliphatic carbocycles. The highest BCUT2D eigenvalue weighted by atomic mass is 16.5. The summed E-state index contributed by atoms with van der Waals surface area (Å²) in [6.45, 7) is 2.88. The number of ether oxygens (including phenoxy) is 3. The molecule has 59 heavy (non-hydrogen) atoms. The Balaban J connectivity index is 0.972.